The summed E-state index contributed by atoms with van der Waals surface area (Å²) in [4.78, 5) is 6.90. The summed E-state index contributed by atoms with van der Waals surface area (Å²) in [5, 5.41) is 5.47. The fourth-order valence-corrected chi connectivity index (χ4v) is 3.06. The zero-order chi connectivity index (χ0) is 13.0. The van der Waals surface area contributed by atoms with Crippen LogP contribution < -0.4 is 0 Å². The van der Waals surface area contributed by atoms with Crippen molar-refractivity contribution >= 4 is 15.9 Å². The Morgan fingerprint density at radius 1 is 1.39 bits per heavy atom. The van der Waals surface area contributed by atoms with E-state index < -0.39 is 0 Å². The van der Waals surface area contributed by atoms with E-state index >= 15 is 0 Å². The molecule has 5 heteroatoms. The maximum atomic E-state index is 4.40. The Morgan fingerprint density at radius 3 is 2.72 bits per heavy atom. The van der Waals surface area contributed by atoms with Gasteiger partial charge >= 0.3 is 0 Å². The predicted molar refractivity (Wildman–Crippen MR) is 76.7 cm³/mol. The summed E-state index contributed by atoms with van der Waals surface area (Å²) in [6.45, 7) is 8.71. The lowest BCUT2D eigenvalue weighted by atomic mass is 9.99. The molecule has 102 valence electrons. The van der Waals surface area contributed by atoms with Crippen LogP contribution in [0.2, 0.25) is 0 Å². The fourth-order valence-electron chi connectivity index (χ4n) is 2.41. The smallest absolute Gasteiger partial charge is 0.141 e. The highest BCUT2D eigenvalue weighted by molar-refractivity contribution is 9.09. The average molecular weight is 315 g/mol. The topological polar surface area (TPSA) is 34.0 Å². The Kier molecular flexibility index (Phi) is 5.18. The van der Waals surface area contributed by atoms with Crippen LogP contribution in [-0.4, -0.2) is 38.1 Å². The Balaban J connectivity index is 1.88. The van der Waals surface area contributed by atoms with Gasteiger partial charge in [-0.15, -0.1) is 0 Å². The van der Waals surface area contributed by atoms with Gasteiger partial charge in [-0.3, -0.25) is 4.90 Å². The van der Waals surface area contributed by atoms with E-state index in [1.165, 1.54) is 25.9 Å². The molecule has 1 aromatic rings. The average Bonchev–Trinajstić information content (AvgIpc) is 2.77. The van der Waals surface area contributed by atoms with Crippen LogP contribution >= 0.6 is 15.9 Å². The molecule has 0 unspecified atom stereocenters. The Morgan fingerprint density at radius 2 is 2.11 bits per heavy atom. The van der Waals surface area contributed by atoms with E-state index in [-0.39, 0.29) is 0 Å². The second-order valence-electron chi connectivity index (χ2n) is 5.63. The van der Waals surface area contributed by atoms with Crippen molar-refractivity contribution in [1.29, 1.82) is 0 Å². The van der Waals surface area contributed by atoms with Crippen LogP contribution in [0, 0.1) is 11.8 Å². The molecule has 0 N–H and O–H groups in total. The molecular formula is C13H23BrN4. The number of hydrogen-bond acceptors (Lipinski definition) is 3. The minimum Gasteiger partial charge on any atom is -0.296 e. The highest BCUT2D eigenvalue weighted by Gasteiger charge is 2.19. The molecule has 1 saturated heterocycles. The van der Waals surface area contributed by atoms with Crippen molar-refractivity contribution in [1.82, 2.24) is 19.7 Å². The molecule has 0 aromatic carbocycles. The van der Waals surface area contributed by atoms with Gasteiger partial charge in [-0.05, 0) is 37.8 Å². The van der Waals surface area contributed by atoms with Gasteiger partial charge in [0.25, 0.3) is 0 Å². The molecule has 0 aliphatic carbocycles. The minimum absolute atomic E-state index is 0.615. The third-order valence-corrected chi connectivity index (χ3v) is 4.44. The molecule has 1 aliphatic heterocycles. The number of aromatic nitrogens is 3. The van der Waals surface area contributed by atoms with Gasteiger partial charge in [0.1, 0.15) is 12.2 Å². The van der Waals surface area contributed by atoms with E-state index in [0.717, 1.165) is 30.2 Å². The molecule has 0 spiro atoms. The highest BCUT2D eigenvalue weighted by atomic mass is 79.9. The Hall–Kier alpha value is -0.420. The third kappa shape index (κ3) is 3.79. The summed E-state index contributed by atoms with van der Waals surface area (Å²) in [6.07, 6.45) is 4.27. The fraction of sp³-hybridized carbons (Fsp3) is 0.846. The first-order chi connectivity index (χ1) is 8.69. The van der Waals surface area contributed by atoms with Gasteiger partial charge in [-0.25, -0.2) is 9.67 Å². The number of rotatable bonds is 5. The number of nitrogens with zero attached hydrogens (tertiary/aromatic N) is 4. The zero-order valence-electron chi connectivity index (χ0n) is 11.3. The lowest BCUT2D eigenvalue weighted by molar-refractivity contribution is 0.180. The summed E-state index contributed by atoms with van der Waals surface area (Å²) in [5.41, 5.74) is 0. The van der Waals surface area contributed by atoms with Gasteiger partial charge in [0, 0.05) is 11.9 Å². The van der Waals surface area contributed by atoms with Crippen molar-refractivity contribution in [2.75, 3.05) is 18.4 Å². The molecule has 18 heavy (non-hydrogen) atoms. The standard InChI is InChI=1S/C13H23BrN4/c1-11(2)8-18-13(15-10-16-18)9-17-5-3-12(7-14)4-6-17/h10-12H,3-9H2,1-2H3. The second kappa shape index (κ2) is 6.66. The first kappa shape index (κ1) is 14.0. The molecule has 2 heterocycles. The number of piperidine rings is 1. The maximum absolute atomic E-state index is 4.40. The van der Waals surface area contributed by atoms with Gasteiger partial charge < -0.3 is 0 Å². The summed E-state index contributed by atoms with van der Waals surface area (Å²) < 4.78 is 2.06. The van der Waals surface area contributed by atoms with Gasteiger partial charge in [-0.1, -0.05) is 29.8 Å². The Bertz CT molecular complexity index is 356. The second-order valence-corrected chi connectivity index (χ2v) is 6.27. The summed E-state index contributed by atoms with van der Waals surface area (Å²) in [6, 6.07) is 0. The normalized spacial score (nSPS) is 18.7. The van der Waals surface area contributed by atoms with Gasteiger partial charge in [0.2, 0.25) is 0 Å². The monoisotopic (exact) mass is 314 g/mol. The zero-order valence-corrected chi connectivity index (χ0v) is 12.9. The largest absolute Gasteiger partial charge is 0.296 e. The van der Waals surface area contributed by atoms with E-state index in [1.807, 2.05) is 0 Å². The van der Waals surface area contributed by atoms with E-state index in [1.54, 1.807) is 6.33 Å². The SMILES string of the molecule is CC(C)Cn1ncnc1CN1CCC(CBr)CC1. The maximum Gasteiger partial charge on any atom is 0.141 e. The molecule has 2 rings (SSSR count). The van der Waals surface area contributed by atoms with E-state index in [4.69, 9.17) is 0 Å². The molecule has 1 fully saturated rings. The molecular weight excluding hydrogens is 292 g/mol. The highest BCUT2D eigenvalue weighted by Crippen LogP contribution is 2.20. The van der Waals surface area contributed by atoms with Crippen LogP contribution in [0.3, 0.4) is 0 Å². The van der Waals surface area contributed by atoms with Crippen LogP contribution in [-0.2, 0) is 13.1 Å². The van der Waals surface area contributed by atoms with E-state index in [9.17, 15) is 0 Å². The van der Waals surface area contributed by atoms with Crippen molar-refractivity contribution in [2.24, 2.45) is 11.8 Å². The summed E-state index contributed by atoms with van der Waals surface area (Å²) >= 11 is 3.59. The van der Waals surface area contributed by atoms with Crippen LogP contribution in [0.5, 0.6) is 0 Å². The van der Waals surface area contributed by atoms with E-state index in [0.29, 0.717) is 5.92 Å². The molecule has 0 atom stereocenters. The van der Waals surface area contributed by atoms with Crippen molar-refractivity contribution in [3.8, 4) is 0 Å². The number of hydrogen-bond donors (Lipinski definition) is 0. The number of likely N-dealkylation sites (tertiary alicyclic amines) is 1. The molecule has 1 aliphatic rings. The van der Waals surface area contributed by atoms with Crippen molar-refractivity contribution < 1.29 is 0 Å². The van der Waals surface area contributed by atoms with Gasteiger partial charge in [0.15, 0.2) is 0 Å². The van der Waals surface area contributed by atoms with Crippen LogP contribution in [0.15, 0.2) is 6.33 Å². The lowest BCUT2D eigenvalue weighted by Gasteiger charge is -2.30. The van der Waals surface area contributed by atoms with Crippen molar-refractivity contribution in [3.63, 3.8) is 0 Å². The molecule has 0 radical (unpaired) electrons. The van der Waals surface area contributed by atoms with Gasteiger partial charge in [-0.2, -0.15) is 5.10 Å². The first-order valence-electron chi connectivity index (χ1n) is 6.84. The molecule has 0 saturated carbocycles. The molecule has 0 amide bonds. The minimum atomic E-state index is 0.615. The predicted octanol–water partition coefficient (Wildman–Crippen LogP) is 2.54. The molecule has 1 aromatic heterocycles. The third-order valence-electron chi connectivity index (χ3n) is 3.52. The van der Waals surface area contributed by atoms with Gasteiger partial charge in [0.05, 0.1) is 6.54 Å². The Labute approximate surface area is 118 Å². The quantitative estimate of drug-likeness (QED) is 0.783. The summed E-state index contributed by atoms with van der Waals surface area (Å²) in [7, 11) is 0. The van der Waals surface area contributed by atoms with Crippen molar-refractivity contribution in [2.45, 2.75) is 39.8 Å². The summed E-state index contributed by atoms with van der Waals surface area (Å²) in [5.74, 6) is 2.58. The van der Waals surface area contributed by atoms with E-state index in [2.05, 4.69) is 49.4 Å². The molecule has 4 nitrogen and oxygen atoms in total. The first-order valence-corrected chi connectivity index (χ1v) is 7.96. The number of halogens is 1. The van der Waals surface area contributed by atoms with Crippen LogP contribution in [0.25, 0.3) is 0 Å². The van der Waals surface area contributed by atoms with Crippen LogP contribution in [0.4, 0.5) is 0 Å². The molecule has 0 bridgehead atoms. The van der Waals surface area contributed by atoms with Crippen molar-refractivity contribution in [3.05, 3.63) is 12.2 Å². The lowest BCUT2D eigenvalue weighted by Crippen LogP contribution is -2.34. The number of alkyl halides is 1. The van der Waals surface area contributed by atoms with Crippen LogP contribution in [0.1, 0.15) is 32.5 Å².